The van der Waals surface area contributed by atoms with E-state index in [2.05, 4.69) is 4.99 Å². The average Bonchev–Trinajstić information content (AvgIpc) is 3.58. The van der Waals surface area contributed by atoms with Gasteiger partial charge >= 0.3 is 0 Å². The summed E-state index contributed by atoms with van der Waals surface area (Å²) in [7, 11) is 0. The van der Waals surface area contributed by atoms with Gasteiger partial charge in [0.15, 0.2) is 0 Å². The Hall–Kier alpha value is -2.44. The van der Waals surface area contributed by atoms with E-state index in [4.69, 9.17) is 10.5 Å². The minimum Gasteiger partial charge on any atom is -0.492 e. The number of alkyl halides is 2. The number of allylic oxidation sites excluding steroid dienone is 1. The van der Waals surface area contributed by atoms with E-state index in [1.807, 2.05) is 19.1 Å². The van der Waals surface area contributed by atoms with Gasteiger partial charge in [0.2, 0.25) is 5.91 Å². The van der Waals surface area contributed by atoms with Crippen LogP contribution in [-0.4, -0.2) is 36.7 Å². The zero-order valence-corrected chi connectivity index (χ0v) is 16.8. The van der Waals surface area contributed by atoms with E-state index in [9.17, 15) is 13.6 Å². The number of rotatable bonds is 6. The van der Waals surface area contributed by atoms with Gasteiger partial charge in [0.1, 0.15) is 5.75 Å². The van der Waals surface area contributed by atoms with Gasteiger partial charge < -0.3 is 15.4 Å². The molecule has 2 aliphatic carbocycles. The number of carbonyl (C=O) groups excluding carboxylic acids is 1. The number of aliphatic imine (C=N–C) groups is 1. The molecule has 3 aliphatic rings. The highest BCUT2D eigenvalue weighted by atomic mass is 19.3. The van der Waals surface area contributed by atoms with E-state index >= 15 is 0 Å². The van der Waals surface area contributed by atoms with Crippen molar-refractivity contribution in [3.63, 3.8) is 0 Å². The van der Waals surface area contributed by atoms with Gasteiger partial charge in [-0.15, -0.1) is 0 Å². The number of carbonyl (C=O) groups is 1. The van der Waals surface area contributed by atoms with Crippen molar-refractivity contribution in [1.29, 1.82) is 0 Å². The summed E-state index contributed by atoms with van der Waals surface area (Å²) in [5.41, 5.74) is 8.96. The van der Waals surface area contributed by atoms with Gasteiger partial charge in [-0.25, -0.2) is 8.78 Å². The molecule has 2 N–H and O–H groups in total. The predicted octanol–water partition coefficient (Wildman–Crippen LogP) is 3.94. The number of benzene rings is 1. The summed E-state index contributed by atoms with van der Waals surface area (Å²) in [4.78, 5) is 18.5. The Kier molecular flexibility index (Phi) is 5.09. The maximum absolute atomic E-state index is 13.4. The van der Waals surface area contributed by atoms with Crippen LogP contribution in [0.4, 0.5) is 14.5 Å². The molecule has 1 aromatic rings. The van der Waals surface area contributed by atoms with E-state index < -0.39 is 11.8 Å². The van der Waals surface area contributed by atoms with Crippen LogP contribution >= 0.6 is 0 Å². The average molecular weight is 403 g/mol. The van der Waals surface area contributed by atoms with E-state index in [0.29, 0.717) is 23.8 Å². The second-order valence-electron chi connectivity index (χ2n) is 8.32. The first-order valence-corrected chi connectivity index (χ1v) is 10.2. The number of anilines is 1. The standard InChI is InChI=1S/C22H27F2N3O2/c1-13-3-6-19-20(27(13)14(2)28)8-7-18(15(10-25)11-26-17-4-5-17)21(19)29-12-16-9-22(16,23)24/h7-8,10-11,13,16-17H,3-6,9,12,25H2,1-2H3/t13-,16?/m0/s1. The summed E-state index contributed by atoms with van der Waals surface area (Å²) < 4.78 is 32.8. The lowest BCUT2D eigenvalue weighted by atomic mass is 9.91. The number of fused-ring (bicyclic) bond motifs is 1. The van der Waals surface area contributed by atoms with Gasteiger partial charge in [0, 0.05) is 48.5 Å². The molecule has 1 aromatic carbocycles. The van der Waals surface area contributed by atoms with Gasteiger partial charge in [-0.05, 0) is 44.7 Å². The normalized spacial score (nSPS) is 25.8. The molecule has 7 heteroatoms. The summed E-state index contributed by atoms with van der Waals surface area (Å²) in [5.74, 6) is -2.91. The Balaban J connectivity index is 1.73. The van der Waals surface area contributed by atoms with Crippen LogP contribution in [0, 0.1) is 5.92 Å². The smallest absolute Gasteiger partial charge is 0.255 e. The zero-order valence-electron chi connectivity index (χ0n) is 16.8. The number of hydrogen-bond donors (Lipinski definition) is 1. The van der Waals surface area contributed by atoms with Crippen LogP contribution in [-0.2, 0) is 11.2 Å². The van der Waals surface area contributed by atoms with Gasteiger partial charge in [0.25, 0.3) is 5.92 Å². The molecule has 0 aromatic heterocycles. The van der Waals surface area contributed by atoms with E-state index in [0.717, 1.165) is 36.1 Å². The van der Waals surface area contributed by atoms with Crippen molar-refractivity contribution in [2.24, 2.45) is 16.6 Å². The number of nitrogens with zero attached hydrogens (tertiary/aromatic N) is 2. The quantitative estimate of drug-likeness (QED) is 0.732. The topological polar surface area (TPSA) is 67.9 Å². The third-order valence-corrected chi connectivity index (χ3v) is 5.93. The largest absolute Gasteiger partial charge is 0.492 e. The molecule has 1 aliphatic heterocycles. The van der Waals surface area contributed by atoms with Crippen LogP contribution in [0.3, 0.4) is 0 Å². The highest BCUT2D eigenvalue weighted by Gasteiger charge is 2.57. The van der Waals surface area contributed by atoms with Crippen molar-refractivity contribution in [2.45, 2.75) is 64.0 Å². The van der Waals surface area contributed by atoms with Crippen molar-refractivity contribution >= 4 is 23.4 Å². The second-order valence-corrected chi connectivity index (χ2v) is 8.32. The van der Waals surface area contributed by atoms with Crippen LogP contribution in [0.5, 0.6) is 5.75 Å². The Morgan fingerprint density at radius 2 is 2.10 bits per heavy atom. The number of hydrogen-bond acceptors (Lipinski definition) is 4. The SMILES string of the molecule is CC(=O)N1c2ccc(C(C=NC3CC3)=CN)c(OCC3CC3(F)F)c2CC[C@@H]1C. The maximum atomic E-state index is 13.4. The Morgan fingerprint density at radius 1 is 1.38 bits per heavy atom. The van der Waals surface area contributed by atoms with Crippen LogP contribution in [0.15, 0.2) is 23.3 Å². The molecular weight excluding hydrogens is 376 g/mol. The molecule has 2 fully saturated rings. The zero-order chi connectivity index (χ0) is 20.8. The number of ether oxygens (including phenoxy) is 1. The van der Waals surface area contributed by atoms with Crippen LogP contribution in [0.25, 0.3) is 5.57 Å². The minimum absolute atomic E-state index is 0.0456. The molecule has 4 rings (SSSR count). The van der Waals surface area contributed by atoms with E-state index in [1.54, 1.807) is 11.1 Å². The van der Waals surface area contributed by atoms with Gasteiger partial charge in [-0.3, -0.25) is 9.79 Å². The second kappa shape index (κ2) is 7.43. The Labute approximate surface area is 169 Å². The fourth-order valence-electron chi connectivity index (χ4n) is 3.92. The molecule has 0 radical (unpaired) electrons. The van der Waals surface area contributed by atoms with Gasteiger partial charge in [0.05, 0.1) is 24.3 Å². The van der Waals surface area contributed by atoms with E-state index in [1.165, 1.54) is 13.1 Å². The summed E-state index contributed by atoms with van der Waals surface area (Å²) in [5, 5.41) is 0. The molecule has 2 atom stereocenters. The molecule has 156 valence electrons. The van der Waals surface area contributed by atoms with Crippen LogP contribution < -0.4 is 15.4 Å². The molecular formula is C22H27F2N3O2. The van der Waals surface area contributed by atoms with Crippen molar-refractivity contribution < 1.29 is 18.3 Å². The minimum atomic E-state index is -2.64. The van der Waals surface area contributed by atoms with Crippen LogP contribution in [0.1, 0.15) is 50.7 Å². The number of nitrogens with two attached hydrogens (primary N) is 1. The third kappa shape index (κ3) is 4.00. The monoisotopic (exact) mass is 403 g/mol. The maximum Gasteiger partial charge on any atom is 0.255 e. The summed E-state index contributed by atoms with van der Waals surface area (Å²) in [6, 6.07) is 4.16. The first-order chi connectivity index (χ1) is 13.8. The fraction of sp³-hybridized carbons (Fsp3) is 0.545. The van der Waals surface area contributed by atoms with Crippen LogP contribution in [0.2, 0.25) is 0 Å². The molecule has 1 amide bonds. The fourth-order valence-corrected chi connectivity index (χ4v) is 3.92. The lowest BCUT2D eigenvalue weighted by molar-refractivity contribution is -0.117. The first kappa shape index (κ1) is 19.9. The molecule has 1 heterocycles. The predicted molar refractivity (Wildman–Crippen MR) is 110 cm³/mol. The number of amides is 1. The summed E-state index contributed by atoms with van der Waals surface area (Å²) in [6.07, 6.45) is 6.71. The van der Waals surface area contributed by atoms with Gasteiger partial charge in [-0.2, -0.15) is 0 Å². The Bertz CT molecular complexity index is 877. The molecule has 0 saturated heterocycles. The number of halogens is 2. The third-order valence-electron chi connectivity index (χ3n) is 5.93. The summed E-state index contributed by atoms with van der Waals surface area (Å²) >= 11 is 0. The molecule has 29 heavy (non-hydrogen) atoms. The van der Waals surface area contributed by atoms with Gasteiger partial charge in [-0.1, -0.05) is 0 Å². The highest BCUT2D eigenvalue weighted by molar-refractivity contribution is 6.11. The molecule has 0 spiro atoms. The first-order valence-electron chi connectivity index (χ1n) is 10.2. The molecule has 0 bridgehead atoms. The highest BCUT2D eigenvalue weighted by Crippen LogP contribution is 2.49. The molecule has 2 saturated carbocycles. The molecule has 1 unspecified atom stereocenters. The molecule has 5 nitrogen and oxygen atoms in total. The lowest BCUT2D eigenvalue weighted by Gasteiger charge is -2.36. The summed E-state index contributed by atoms with van der Waals surface area (Å²) in [6.45, 7) is 3.50. The van der Waals surface area contributed by atoms with Crippen molar-refractivity contribution in [3.8, 4) is 5.75 Å². The lowest BCUT2D eigenvalue weighted by Crippen LogP contribution is -2.41. The van der Waals surface area contributed by atoms with Crippen molar-refractivity contribution in [1.82, 2.24) is 0 Å². The van der Waals surface area contributed by atoms with Crippen molar-refractivity contribution in [2.75, 3.05) is 11.5 Å². The van der Waals surface area contributed by atoms with Crippen molar-refractivity contribution in [3.05, 3.63) is 29.5 Å². The Morgan fingerprint density at radius 3 is 2.69 bits per heavy atom. The van der Waals surface area contributed by atoms with E-state index in [-0.39, 0.29) is 25.0 Å².